The number of hydrogen-bond acceptors (Lipinski definition) is 0. The molecule has 0 aliphatic rings. The van der Waals surface area contributed by atoms with Gasteiger partial charge in [0.15, 0.2) is 0 Å². The molecule has 0 N–H and O–H groups in total. The van der Waals surface area contributed by atoms with E-state index in [-0.39, 0.29) is 5.31 Å². The molecule has 0 saturated heterocycles. The van der Waals surface area contributed by atoms with Crippen LogP contribution in [0, 0.1) is 11.3 Å². The molecule has 0 spiro atoms. The molecule has 0 rings (SSSR count). The summed E-state index contributed by atoms with van der Waals surface area (Å²) in [5, 5.41) is 0.0360. The topological polar surface area (TPSA) is 0 Å². The lowest BCUT2D eigenvalue weighted by Crippen LogP contribution is -2.34. The van der Waals surface area contributed by atoms with E-state index in [0.717, 1.165) is 12.8 Å². The van der Waals surface area contributed by atoms with Crippen molar-refractivity contribution in [1.82, 2.24) is 0 Å². The van der Waals surface area contributed by atoms with Gasteiger partial charge in [0.2, 0.25) is 0 Å². The minimum Gasteiger partial charge on any atom is -0.0656 e. The molecule has 1 heteroatoms. The third-order valence-corrected chi connectivity index (χ3v) is 4.27. The number of hydrogen-bond donors (Lipinski definition) is 0. The maximum absolute atomic E-state index is 6.51. The summed E-state index contributed by atoms with van der Waals surface area (Å²) in [6.07, 6.45) is 4.58. The van der Waals surface area contributed by atoms with E-state index in [0.29, 0.717) is 11.3 Å². The molecular formula is C13H27B. The molecule has 14 heavy (non-hydrogen) atoms. The minimum atomic E-state index is 0.0360. The Morgan fingerprint density at radius 3 is 1.57 bits per heavy atom. The fourth-order valence-electron chi connectivity index (χ4n) is 2.73. The standard InChI is InChI=1S/C13H27B/c1-7-11(12(5,6)8-2)13(14,9-3)10-4/h11H,7-10H2,1-6H3/t11-/m1/s1. The van der Waals surface area contributed by atoms with E-state index in [4.69, 9.17) is 7.85 Å². The first-order valence-electron chi connectivity index (χ1n) is 6.16. The van der Waals surface area contributed by atoms with Gasteiger partial charge in [0.05, 0.1) is 7.85 Å². The highest BCUT2D eigenvalue weighted by atomic mass is 14.4. The predicted octanol–water partition coefficient (Wildman–Crippen LogP) is 4.60. The zero-order valence-electron chi connectivity index (χ0n) is 11.0. The Hall–Kier alpha value is 0.0649. The van der Waals surface area contributed by atoms with Gasteiger partial charge in [0.25, 0.3) is 0 Å². The molecule has 0 fully saturated rings. The molecule has 0 saturated carbocycles. The third kappa shape index (κ3) is 2.78. The monoisotopic (exact) mass is 194 g/mol. The Morgan fingerprint density at radius 2 is 1.36 bits per heavy atom. The van der Waals surface area contributed by atoms with E-state index in [9.17, 15) is 0 Å². The van der Waals surface area contributed by atoms with Crippen molar-refractivity contribution in [2.45, 2.75) is 72.5 Å². The highest BCUT2D eigenvalue weighted by Gasteiger charge is 2.38. The molecule has 0 aromatic heterocycles. The maximum Gasteiger partial charge on any atom is 0.0750 e. The van der Waals surface area contributed by atoms with Crippen molar-refractivity contribution in [2.24, 2.45) is 11.3 Å². The molecule has 0 bridgehead atoms. The van der Waals surface area contributed by atoms with E-state index >= 15 is 0 Å². The normalized spacial score (nSPS) is 15.6. The van der Waals surface area contributed by atoms with E-state index in [2.05, 4.69) is 41.5 Å². The van der Waals surface area contributed by atoms with E-state index < -0.39 is 0 Å². The zero-order valence-corrected chi connectivity index (χ0v) is 11.0. The average molecular weight is 194 g/mol. The summed E-state index contributed by atoms with van der Waals surface area (Å²) in [5.41, 5.74) is 0.371. The summed E-state index contributed by atoms with van der Waals surface area (Å²) >= 11 is 0. The molecule has 0 aromatic rings. The Balaban J connectivity index is 4.86. The summed E-state index contributed by atoms with van der Waals surface area (Å²) in [5.74, 6) is 0.634. The molecule has 0 aliphatic carbocycles. The first kappa shape index (κ1) is 14.1. The quantitative estimate of drug-likeness (QED) is 0.542. The fraction of sp³-hybridized carbons (Fsp3) is 1.00. The van der Waals surface area contributed by atoms with E-state index in [1.165, 1.54) is 12.8 Å². The van der Waals surface area contributed by atoms with Crippen LogP contribution < -0.4 is 0 Å². The Bertz CT molecular complexity index is 157. The average Bonchev–Trinajstić information content (AvgIpc) is 2.18. The van der Waals surface area contributed by atoms with Gasteiger partial charge >= 0.3 is 0 Å². The first-order valence-corrected chi connectivity index (χ1v) is 6.16. The van der Waals surface area contributed by atoms with Crippen LogP contribution in [0.3, 0.4) is 0 Å². The van der Waals surface area contributed by atoms with Crippen LogP contribution in [0.25, 0.3) is 0 Å². The molecule has 0 aliphatic heterocycles. The van der Waals surface area contributed by atoms with Crippen LogP contribution in [-0.2, 0) is 0 Å². The minimum absolute atomic E-state index is 0.0360. The SMILES string of the molecule is [B]C(CC)(CC)[C@H](CC)C(C)(C)CC. The van der Waals surface area contributed by atoms with Crippen molar-refractivity contribution in [3.05, 3.63) is 0 Å². The van der Waals surface area contributed by atoms with Crippen LogP contribution in [0.2, 0.25) is 5.31 Å². The zero-order chi connectivity index (χ0) is 11.4. The van der Waals surface area contributed by atoms with Gasteiger partial charge < -0.3 is 0 Å². The van der Waals surface area contributed by atoms with Crippen molar-refractivity contribution in [3.8, 4) is 0 Å². The van der Waals surface area contributed by atoms with Crippen LogP contribution in [0.4, 0.5) is 0 Å². The summed E-state index contributed by atoms with van der Waals surface area (Å²) in [6, 6.07) is 0. The lowest BCUT2D eigenvalue weighted by Gasteiger charge is -2.46. The second-order valence-electron chi connectivity index (χ2n) is 5.24. The molecule has 0 amide bonds. The Labute approximate surface area is 92.3 Å². The van der Waals surface area contributed by atoms with Gasteiger partial charge in [-0.05, 0) is 11.3 Å². The molecule has 0 unspecified atom stereocenters. The van der Waals surface area contributed by atoms with Gasteiger partial charge in [-0.3, -0.25) is 0 Å². The predicted molar refractivity (Wildman–Crippen MR) is 66.9 cm³/mol. The van der Waals surface area contributed by atoms with Gasteiger partial charge in [0, 0.05) is 0 Å². The molecule has 82 valence electrons. The smallest absolute Gasteiger partial charge is 0.0656 e. The van der Waals surface area contributed by atoms with Crippen LogP contribution in [0.1, 0.15) is 67.2 Å². The molecule has 0 aromatic carbocycles. The van der Waals surface area contributed by atoms with Gasteiger partial charge in [0.1, 0.15) is 0 Å². The van der Waals surface area contributed by atoms with Crippen molar-refractivity contribution in [1.29, 1.82) is 0 Å². The van der Waals surface area contributed by atoms with Crippen molar-refractivity contribution in [2.75, 3.05) is 0 Å². The second kappa shape index (κ2) is 5.23. The highest BCUT2D eigenvalue weighted by Crippen LogP contribution is 2.51. The summed E-state index contributed by atoms with van der Waals surface area (Å²) in [7, 11) is 6.51. The van der Waals surface area contributed by atoms with Gasteiger partial charge in [-0.1, -0.05) is 72.5 Å². The molecule has 0 heterocycles. The summed E-state index contributed by atoms with van der Waals surface area (Å²) < 4.78 is 0. The van der Waals surface area contributed by atoms with Crippen molar-refractivity contribution < 1.29 is 0 Å². The van der Waals surface area contributed by atoms with Gasteiger partial charge in [-0.2, -0.15) is 0 Å². The van der Waals surface area contributed by atoms with E-state index in [1.54, 1.807) is 0 Å². The summed E-state index contributed by atoms with van der Waals surface area (Å²) in [4.78, 5) is 0. The lowest BCUT2D eigenvalue weighted by atomic mass is 9.50. The fourth-order valence-corrected chi connectivity index (χ4v) is 2.73. The van der Waals surface area contributed by atoms with E-state index in [1.807, 2.05) is 0 Å². The second-order valence-corrected chi connectivity index (χ2v) is 5.24. The van der Waals surface area contributed by atoms with Gasteiger partial charge in [-0.25, -0.2) is 0 Å². The Morgan fingerprint density at radius 1 is 0.929 bits per heavy atom. The maximum atomic E-state index is 6.51. The molecular weight excluding hydrogens is 167 g/mol. The third-order valence-electron chi connectivity index (χ3n) is 4.27. The van der Waals surface area contributed by atoms with Crippen molar-refractivity contribution >= 4 is 7.85 Å². The molecule has 0 nitrogen and oxygen atoms in total. The van der Waals surface area contributed by atoms with Crippen molar-refractivity contribution in [3.63, 3.8) is 0 Å². The van der Waals surface area contributed by atoms with Gasteiger partial charge in [-0.15, -0.1) is 0 Å². The van der Waals surface area contributed by atoms with Crippen LogP contribution in [0.5, 0.6) is 0 Å². The van der Waals surface area contributed by atoms with Crippen LogP contribution >= 0.6 is 0 Å². The van der Waals surface area contributed by atoms with Crippen LogP contribution in [-0.4, -0.2) is 7.85 Å². The number of rotatable bonds is 6. The largest absolute Gasteiger partial charge is 0.0750 e. The summed E-state index contributed by atoms with van der Waals surface area (Å²) in [6.45, 7) is 13.7. The molecule has 1 atom stereocenters. The Kier molecular flexibility index (Phi) is 5.26. The lowest BCUT2D eigenvalue weighted by molar-refractivity contribution is 0.132. The first-order chi connectivity index (χ1) is 6.37. The van der Waals surface area contributed by atoms with Crippen LogP contribution in [0.15, 0.2) is 0 Å². The highest BCUT2D eigenvalue weighted by molar-refractivity contribution is 6.15. The molecule has 2 radical (unpaired) electrons.